The first-order chi connectivity index (χ1) is 45.7. The summed E-state index contributed by atoms with van der Waals surface area (Å²) >= 11 is 0. The Balaban J connectivity index is 5.26. The fourth-order valence-corrected chi connectivity index (χ4v) is 13.0. The van der Waals surface area contributed by atoms with Crippen LogP contribution >= 0.6 is 15.6 Å². The lowest BCUT2D eigenvalue weighted by molar-refractivity contribution is -0.161. The number of phosphoric acid groups is 2. The minimum Gasteiger partial charge on any atom is -0.462 e. The Kier molecular flexibility index (Phi) is 64.0. The fraction of sp³-hybridized carbons (Fsp3) is 0.947. The first-order valence-electron chi connectivity index (χ1n) is 39.3. The van der Waals surface area contributed by atoms with Gasteiger partial charge in [-0.2, -0.15) is 0 Å². The molecule has 3 N–H and O–H groups in total. The van der Waals surface area contributed by atoms with Crippen LogP contribution in [0.1, 0.15) is 383 Å². The van der Waals surface area contributed by atoms with Crippen molar-refractivity contribution in [2.45, 2.75) is 401 Å². The zero-order chi connectivity index (χ0) is 70.3. The molecule has 5 unspecified atom stereocenters. The maximum Gasteiger partial charge on any atom is 0.472 e. The molecule has 0 bridgehead atoms. The molecule has 8 atom stereocenters. The molecule has 0 aromatic heterocycles. The summed E-state index contributed by atoms with van der Waals surface area (Å²) in [5.41, 5.74) is 0. The molecule has 19 heteroatoms. The molecular formula is C76H148O17P2. The van der Waals surface area contributed by atoms with E-state index in [0.29, 0.717) is 25.7 Å². The van der Waals surface area contributed by atoms with Crippen LogP contribution in [-0.2, 0) is 65.4 Å². The van der Waals surface area contributed by atoms with Crippen LogP contribution in [0.3, 0.4) is 0 Å². The molecule has 17 nitrogen and oxygen atoms in total. The van der Waals surface area contributed by atoms with Gasteiger partial charge in [0.25, 0.3) is 0 Å². The van der Waals surface area contributed by atoms with Gasteiger partial charge in [0.05, 0.1) is 26.4 Å². The Bertz CT molecular complexity index is 1870. The predicted molar refractivity (Wildman–Crippen MR) is 386 cm³/mol. The molecule has 564 valence electrons. The highest BCUT2D eigenvalue weighted by Crippen LogP contribution is 2.45. The third kappa shape index (κ3) is 66.4. The molecule has 0 rings (SSSR count). The monoisotopic (exact) mass is 1400 g/mol. The average Bonchev–Trinajstić information content (AvgIpc) is 1.55. The van der Waals surface area contributed by atoms with Gasteiger partial charge in [0.2, 0.25) is 0 Å². The molecule has 0 saturated heterocycles. The van der Waals surface area contributed by atoms with Crippen molar-refractivity contribution in [3.63, 3.8) is 0 Å². The number of hydrogen-bond donors (Lipinski definition) is 3. The number of carbonyl (C=O) groups excluding carboxylic acids is 4. The van der Waals surface area contributed by atoms with Crippen LogP contribution in [0.4, 0.5) is 0 Å². The molecule has 95 heavy (non-hydrogen) atoms. The molecule has 0 saturated carbocycles. The highest BCUT2D eigenvalue weighted by molar-refractivity contribution is 7.47. The summed E-state index contributed by atoms with van der Waals surface area (Å²) in [6.45, 7) is 14.2. The second kappa shape index (κ2) is 65.4. The summed E-state index contributed by atoms with van der Waals surface area (Å²) in [5, 5.41) is 10.6. The number of phosphoric ester groups is 2. The van der Waals surface area contributed by atoms with Gasteiger partial charge in [0.15, 0.2) is 12.2 Å². The Morgan fingerprint density at radius 3 is 0.747 bits per heavy atom. The SMILES string of the molecule is CCC(C)CCCCCCCCCCCCCCCCC(=O)O[C@H](COC(=O)CCCCCCCCCCCCCCC(C)C)COP(=O)(O)OC[C@@H](O)COP(=O)(O)OC[C@@H](COC(=O)CCCCCCCCC(C)CC)OC(=O)CCCCCCCCCCC(C)CC. The number of unbranched alkanes of at least 4 members (excludes halogenated alkanes) is 36. The van der Waals surface area contributed by atoms with Crippen molar-refractivity contribution in [2.75, 3.05) is 39.6 Å². The Labute approximate surface area is 581 Å². The topological polar surface area (TPSA) is 237 Å². The Morgan fingerprint density at radius 2 is 0.505 bits per heavy atom. The maximum absolute atomic E-state index is 13.1. The van der Waals surface area contributed by atoms with Crippen LogP contribution in [0.5, 0.6) is 0 Å². The minimum atomic E-state index is -4.96. The summed E-state index contributed by atoms with van der Waals surface area (Å²) in [6.07, 6.45) is 49.8. The van der Waals surface area contributed by atoms with E-state index in [-0.39, 0.29) is 25.7 Å². The standard InChI is InChI=1S/C76H148O17P2/c1-9-67(6)53-45-37-29-23-19-14-12-13-15-21-25-32-42-50-58-75(80)92-71(62-86-73(78)56-48-40-31-24-20-17-16-18-22-28-36-44-52-66(4)5)64-90-94(82,83)88-60-70(77)61-89-95(84,85)91-65-72(63-87-74(79)57-49-41-35-34-39-47-55-69(8)11-3)93-76(81)59-51-43-33-27-26-30-38-46-54-68(7)10-2/h66-72,77H,9-65H2,1-8H3,(H,82,83)(H,84,85)/t67?,68?,69?,70-,71-,72-/m1/s1. The van der Waals surface area contributed by atoms with E-state index >= 15 is 0 Å². The number of carbonyl (C=O) groups is 4. The lowest BCUT2D eigenvalue weighted by atomic mass is 9.99. The lowest BCUT2D eigenvalue weighted by Gasteiger charge is -2.21. The molecule has 0 aromatic rings. The number of esters is 4. The third-order valence-electron chi connectivity index (χ3n) is 18.7. The fourth-order valence-electron chi connectivity index (χ4n) is 11.5. The van der Waals surface area contributed by atoms with E-state index < -0.39 is 97.5 Å². The third-order valence-corrected chi connectivity index (χ3v) is 20.6. The van der Waals surface area contributed by atoms with Crippen molar-refractivity contribution in [2.24, 2.45) is 23.7 Å². The first kappa shape index (κ1) is 93.1. The summed E-state index contributed by atoms with van der Waals surface area (Å²) < 4.78 is 68.5. The van der Waals surface area contributed by atoms with Gasteiger partial charge in [0.1, 0.15) is 19.3 Å². The quantitative estimate of drug-likeness (QED) is 0.0222. The van der Waals surface area contributed by atoms with Crippen molar-refractivity contribution in [1.29, 1.82) is 0 Å². The van der Waals surface area contributed by atoms with Gasteiger partial charge < -0.3 is 33.8 Å². The predicted octanol–water partition coefficient (Wildman–Crippen LogP) is 22.0. The van der Waals surface area contributed by atoms with Crippen molar-refractivity contribution in [3.05, 3.63) is 0 Å². The number of hydrogen-bond acceptors (Lipinski definition) is 15. The first-order valence-corrected chi connectivity index (χ1v) is 42.3. The van der Waals surface area contributed by atoms with Crippen LogP contribution in [0.15, 0.2) is 0 Å². The van der Waals surface area contributed by atoms with E-state index in [4.69, 9.17) is 37.0 Å². The van der Waals surface area contributed by atoms with E-state index in [1.165, 1.54) is 180 Å². The lowest BCUT2D eigenvalue weighted by Crippen LogP contribution is -2.30. The number of aliphatic hydroxyl groups is 1. The molecule has 0 aromatic carbocycles. The van der Waals surface area contributed by atoms with Crippen LogP contribution in [0.2, 0.25) is 0 Å². The maximum atomic E-state index is 13.1. The second-order valence-electron chi connectivity index (χ2n) is 28.6. The van der Waals surface area contributed by atoms with Crippen molar-refractivity contribution < 1.29 is 80.2 Å². The molecule has 0 spiro atoms. The van der Waals surface area contributed by atoms with E-state index in [1.807, 2.05) is 0 Å². The second-order valence-corrected chi connectivity index (χ2v) is 31.5. The molecule has 0 radical (unpaired) electrons. The van der Waals surface area contributed by atoms with Crippen LogP contribution in [0, 0.1) is 23.7 Å². The highest BCUT2D eigenvalue weighted by Gasteiger charge is 2.30. The van der Waals surface area contributed by atoms with Crippen LogP contribution in [0.25, 0.3) is 0 Å². The smallest absolute Gasteiger partial charge is 0.462 e. The molecule has 0 amide bonds. The van der Waals surface area contributed by atoms with Crippen LogP contribution < -0.4 is 0 Å². The van der Waals surface area contributed by atoms with Gasteiger partial charge in [-0.3, -0.25) is 37.3 Å². The van der Waals surface area contributed by atoms with Gasteiger partial charge in [-0.25, -0.2) is 9.13 Å². The minimum absolute atomic E-state index is 0.104. The number of aliphatic hydroxyl groups excluding tert-OH is 1. The van der Waals surface area contributed by atoms with Crippen LogP contribution in [-0.4, -0.2) is 96.7 Å². The van der Waals surface area contributed by atoms with Gasteiger partial charge in [0, 0.05) is 25.7 Å². The summed E-state index contributed by atoms with van der Waals surface area (Å²) in [7, 11) is -9.91. The van der Waals surface area contributed by atoms with Gasteiger partial charge in [-0.1, -0.05) is 331 Å². The van der Waals surface area contributed by atoms with E-state index in [0.717, 1.165) is 120 Å². The molecule has 0 aliphatic carbocycles. The zero-order valence-corrected chi connectivity index (χ0v) is 64.1. The highest BCUT2D eigenvalue weighted by atomic mass is 31.2. The number of ether oxygens (including phenoxy) is 4. The largest absolute Gasteiger partial charge is 0.472 e. The van der Waals surface area contributed by atoms with E-state index in [2.05, 4.69) is 55.4 Å². The summed E-state index contributed by atoms with van der Waals surface area (Å²) in [5.74, 6) is 1.01. The average molecular weight is 1400 g/mol. The molecular weight excluding hydrogens is 1250 g/mol. The number of rotatable bonds is 73. The summed E-state index contributed by atoms with van der Waals surface area (Å²) in [6, 6.07) is 0. The molecule has 0 fully saturated rings. The summed E-state index contributed by atoms with van der Waals surface area (Å²) in [4.78, 5) is 72.8. The van der Waals surface area contributed by atoms with E-state index in [9.17, 15) is 43.2 Å². The van der Waals surface area contributed by atoms with Crippen molar-refractivity contribution in [3.8, 4) is 0 Å². The van der Waals surface area contributed by atoms with Crippen molar-refractivity contribution in [1.82, 2.24) is 0 Å². The van der Waals surface area contributed by atoms with Crippen molar-refractivity contribution >= 4 is 39.5 Å². The van der Waals surface area contributed by atoms with Gasteiger partial charge in [-0.15, -0.1) is 0 Å². The Hall–Kier alpha value is -1.94. The normalized spacial score (nSPS) is 15.0. The van der Waals surface area contributed by atoms with Gasteiger partial charge >= 0.3 is 39.5 Å². The zero-order valence-electron chi connectivity index (χ0n) is 62.3. The molecule has 0 aliphatic heterocycles. The van der Waals surface area contributed by atoms with Gasteiger partial charge in [-0.05, 0) is 49.4 Å². The van der Waals surface area contributed by atoms with E-state index in [1.54, 1.807) is 0 Å². The molecule has 0 heterocycles. The molecule has 0 aliphatic rings. The Morgan fingerprint density at radius 1 is 0.295 bits per heavy atom.